The summed E-state index contributed by atoms with van der Waals surface area (Å²) in [5.41, 5.74) is 2.45. The lowest BCUT2D eigenvalue weighted by Crippen LogP contribution is -2.48. The van der Waals surface area contributed by atoms with E-state index in [0.29, 0.717) is 11.8 Å². The molecular formula is C26H35ClFNO. The second-order valence-corrected chi connectivity index (χ2v) is 9.89. The Hall–Kier alpha value is -1.42. The summed E-state index contributed by atoms with van der Waals surface area (Å²) in [4.78, 5) is 0. The number of hydrogen-bond donors (Lipinski definition) is 1. The van der Waals surface area contributed by atoms with Gasteiger partial charge in [-0.1, -0.05) is 63.6 Å². The van der Waals surface area contributed by atoms with E-state index in [1.165, 1.54) is 11.1 Å². The molecule has 1 heterocycles. The fraction of sp³-hybridized carbons (Fsp3) is 0.538. The predicted octanol–water partition coefficient (Wildman–Crippen LogP) is 6.76. The van der Waals surface area contributed by atoms with Gasteiger partial charge in [0.15, 0.2) is 0 Å². The van der Waals surface area contributed by atoms with Gasteiger partial charge in [-0.05, 0) is 73.0 Å². The van der Waals surface area contributed by atoms with Gasteiger partial charge in [-0.2, -0.15) is 0 Å². The van der Waals surface area contributed by atoms with Crippen molar-refractivity contribution in [1.82, 2.24) is 5.32 Å². The van der Waals surface area contributed by atoms with Crippen molar-refractivity contribution < 1.29 is 9.13 Å². The van der Waals surface area contributed by atoms with E-state index in [9.17, 15) is 4.39 Å². The number of benzene rings is 2. The van der Waals surface area contributed by atoms with Gasteiger partial charge in [0, 0.05) is 17.0 Å². The molecular weight excluding hydrogens is 397 g/mol. The lowest BCUT2D eigenvalue weighted by Gasteiger charge is -2.48. The summed E-state index contributed by atoms with van der Waals surface area (Å²) in [6, 6.07) is 15.1. The van der Waals surface area contributed by atoms with Crippen molar-refractivity contribution in [3.05, 3.63) is 70.5 Å². The highest BCUT2D eigenvalue weighted by molar-refractivity contribution is 6.30. The maximum Gasteiger partial charge on any atom is 0.123 e. The zero-order chi connectivity index (χ0) is 21.7. The monoisotopic (exact) mass is 431 g/mol. The van der Waals surface area contributed by atoms with Gasteiger partial charge in [0.25, 0.3) is 0 Å². The van der Waals surface area contributed by atoms with E-state index in [2.05, 4.69) is 45.1 Å². The molecule has 3 rings (SSSR count). The molecule has 2 aromatic carbocycles. The molecule has 0 bridgehead atoms. The zero-order valence-electron chi connectivity index (χ0n) is 18.6. The Morgan fingerprint density at radius 1 is 0.967 bits per heavy atom. The van der Waals surface area contributed by atoms with E-state index < -0.39 is 0 Å². The molecule has 0 saturated carbocycles. The zero-order valence-corrected chi connectivity index (χ0v) is 19.4. The molecule has 1 aliphatic rings. The lowest BCUT2D eigenvalue weighted by atomic mass is 9.66. The molecule has 4 heteroatoms. The number of rotatable bonds is 8. The van der Waals surface area contributed by atoms with Crippen LogP contribution in [0.3, 0.4) is 0 Å². The third kappa shape index (κ3) is 5.84. The minimum Gasteiger partial charge on any atom is -0.374 e. The molecule has 164 valence electrons. The number of halogens is 2. The minimum atomic E-state index is -0.178. The van der Waals surface area contributed by atoms with Crippen LogP contribution in [0.1, 0.15) is 58.1 Å². The first-order chi connectivity index (χ1) is 14.3. The molecule has 1 saturated heterocycles. The molecule has 2 aromatic rings. The van der Waals surface area contributed by atoms with Crippen molar-refractivity contribution in [2.75, 3.05) is 6.54 Å². The average molecular weight is 432 g/mol. The Morgan fingerprint density at radius 2 is 1.53 bits per heavy atom. The molecule has 1 N–H and O–H groups in total. The Kier molecular flexibility index (Phi) is 7.95. The highest BCUT2D eigenvalue weighted by Crippen LogP contribution is 2.45. The quantitative estimate of drug-likeness (QED) is 0.466. The Labute approximate surface area is 186 Å². The molecule has 0 aliphatic carbocycles. The van der Waals surface area contributed by atoms with E-state index in [0.717, 1.165) is 37.4 Å². The van der Waals surface area contributed by atoms with Crippen molar-refractivity contribution in [2.45, 2.75) is 71.1 Å². The van der Waals surface area contributed by atoms with Crippen molar-refractivity contribution >= 4 is 11.6 Å². The summed E-state index contributed by atoms with van der Waals surface area (Å²) in [6.07, 6.45) is 3.38. The van der Waals surface area contributed by atoms with Crippen molar-refractivity contribution in [1.29, 1.82) is 0 Å². The van der Waals surface area contributed by atoms with E-state index in [-0.39, 0.29) is 23.4 Å². The summed E-state index contributed by atoms with van der Waals surface area (Å²) >= 11 is 5.99. The minimum absolute atomic E-state index is 0.0111. The average Bonchev–Trinajstić information content (AvgIpc) is 2.72. The first kappa shape index (κ1) is 23.2. The highest BCUT2D eigenvalue weighted by atomic mass is 35.5. The van der Waals surface area contributed by atoms with Gasteiger partial charge in [0.05, 0.1) is 12.2 Å². The van der Waals surface area contributed by atoms with E-state index in [4.69, 9.17) is 16.3 Å². The Bertz CT molecular complexity index is 772. The van der Waals surface area contributed by atoms with Crippen LogP contribution in [0, 0.1) is 17.7 Å². The topological polar surface area (TPSA) is 21.3 Å². The van der Waals surface area contributed by atoms with Crippen LogP contribution in [0.5, 0.6) is 0 Å². The maximum atomic E-state index is 13.7. The molecule has 0 radical (unpaired) electrons. The summed E-state index contributed by atoms with van der Waals surface area (Å²) in [7, 11) is 0. The van der Waals surface area contributed by atoms with Crippen molar-refractivity contribution in [3.63, 3.8) is 0 Å². The summed E-state index contributed by atoms with van der Waals surface area (Å²) in [5, 5.41) is 4.36. The van der Waals surface area contributed by atoms with Gasteiger partial charge in [0.1, 0.15) is 5.82 Å². The fourth-order valence-electron chi connectivity index (χ4n) is 4.51. The van der Waals surface area contributed by atoms with Crippen LogP contribution in [0.2, 0.25) is 5.02 Å². The van der Waals surface area contributed by atoms with Gasteiger partial charge in [-0.25, -0.2) is 4.39 Å². The summed E-state index contributed by atoms with van der Waals surface area (Å²) in [5.74, 6) is 0.726. The van der Waals surface area contributed by atoms with Crippen LogP contribution in [0.4, 0.5) is 4.39 Å². The lowest BCUT2D eigenvalue weighted by molar-refractivity contribution is -0.118. The third-order valence-electron chi connectivity index (χ3n) is 6.50. The van der Waals surface area contributed by atoms with Crippen LogP contribution in [-0.4, -0.2) is 18.8 Å². The normalized spacial score (nSPS) is 24.5. The summed E-state index contributed by atoms with van der Waals surface area (Å²) in [6.45, 7) is 10.7. The van der Waals surface area contributed by atoms with E-state index in [1.54, 1.807) is 12.1 Å². The number of nitrogens with one attached hydrogen (secondary N) is 1. The molecule has 2 nitrogen and oxygen atoms in total. The van der Waals surface area contributed by atoms with Crippen LogP contribution >= 0.6 is 11.6 Å². The second kappa shape index (κ2) is 10.3. The third-order valence-corrected chi connectivity index (χ3v) is 6.75. The Morgan fingerprint density at radius 3 is 2.07 bits per heavy atom. The van der Waals surface area contributed by atoms with Gasteiger partial charge >= 0.3 is 0 Å². The van der Waals surface area contributed by atoms with Crippen molar-refractivity contribution in [3.8, 4) is 0 Å². The first-order valence-corrected chi connectivity index (χ1v) is 11.5. The standard InChI is InChI=1S/C26H35ClFNO/c1-18(2)24-15-26(16-25(30-24)19(3)4,21-7-11-23(28)12-8-21)13-14-29-17-20-5-9-22(27)10-6-20/h5-12,18-19,24-25,29H,13-17H2,1-4H3/t24-,25-/m1/s1. The number of hydrogen-bond acceptors (Lipinski definition) is 2. The molecule has 2 atom stereocenters. The molecule has 30 heavy (non-hydrogen) atoms. The van der Waals surface area contributed by atoms with Crippen LogP contribution in [-0.2, 0) is 16.7 Å². The Balaban J connectivity index is 1.78. The highest BCUT2D eigenvalue weighted by Gasteiger charge is 2.43. The second-order valence-electron chi connectivity index (χ2n) is 9.45. The van der Waals surface area contributed by atoms with E-state index >= 15 is 0 Å². The smallest absolute Gasteiger partial charge is 0.123 e. The fourth-order valence-corrected chi connectivity index (χ4v) is 4.64. The predicted molar refractivity (Wildman–Crippen MR) is 123 cm³/mol. The van der Waals surface area contributed by atoms with E-state index in [1.807, 2.05) is 24.3 Å². The molecule has 0 spiro atoms. The van der Waals surface area contributed by atoms with Gasteiger partial charge in [-0.3, -0.25) is 0 Å². The van der Waals surface area contributed by atoms with Gasteiger partial charge in [0.2, 0.25) is 0 Å². The molecule has 0 amide bonds. The first-order valence-electron chi connectivity index (χ1n) is 11.2. The largest absolute Gasteiger partial charge is 0.374 e. The van der Waals surface area contributed by atoms with Crippen molar-refractivity contribution in [2.24, 2.45) is 11.8 Å². The van der Waals surface area contributed by atoms with Crippen LogP contribution < -0.4 is 5.32 Å². The maximum absolute atomic E-state index is 13.7. The number of ether oxygens (including phenoxy) is 1. The molecule has 1 fully saturated rings. The van der Waals surface area contributed by atoms with Crippen LogP contribution in [0.25, 0.3) is 0 Å². The molecule has 0 unspecified atom stereocenters. The molecule has 0 aromatic heterocycles. The van der Waals surface area contributed by atoms with Gasteiger partial charge in [-0.15, -0.1) is 0 Å². The van der Waals surface area contributed by atoms with Crippen LogP contribution in [0.15, 0.2) is 48.5 Å². The molecule has 1 aliphatic heterocycles. The summed E-state index contributed by atoms with van der Waals surface area (Å²) < 4.78 is 20.2. The van der Waals surface area contributed by atoms with Gasteiger partial charge < -0.3 is 10.1 Å². The SMILES string of the molecule is CC(C)[C@H]1CC(CCNCc2ccc(Cl)cc2)(c2ccc(F)cc2)C[C@H](C(C)C)O1.